The molecule has 25 heavy (non-hydrogen) atoms. The molecule has 0 spiro atoms. The first-order valence-electron chi connectivity index (χ1n) is 8.72. The molecule has 136 valence electrons. The highest BCUT2D eigenvalue weighted by Gasteiger charge is 2.13. The van der Waals surface area contributed by atoms with E-state index in [1.54, 1.807) is 7.11 Å². The van der Waals surface area contributed by atoms with Crippen LogP contribution in [-0.2, 0) is 4.74 Å². The lowest BCUT2D eigenvalue weighted by Gasteiger charge is -2.17. The summed E-state index contributed by atoms with van der Waals surface area (Å²) >= 11 is 0. The minimum Gasteiger partial charge on any atom is -0.493 e. The van der Waals surface area contributed by atoms with Crippen molar-refractivity contribution in [3.8, 4) is 22.6 Å². The Morgan fingerprint density at radius 3 is 1.76 bits per heavy atom. The van der Waals surface area contributed by atoms with Gasteiger partial charge in [-0.25, -0.2) is 0 Å². The molecule has 0 aliphatic rings. The van der Waals surface area contributed by atoms with Crippen molar-refractivity contribution in [2.24, 2.45) is 0 Å². The minimum absolute atomic E-state index is 0.125. The summed E-state index contributed by atoms with van der Waals surface area (Å²) in [5, 5.41) is 8.99. The largest absolute Gasteiger partial charge is 0.493 e. The van der Waals surface area contributed by atoms with Crippen molar-refractivity contribution in [3.63, 3.8) is 0 Å². The molecule has 0 bridgehead atoms. The third-order valence-electron chi connectivity index (χ3n) is 3.87. The first-order chi connectivity index (χ1) is 12.2. The fourth-order valence-electron chi connectivity index (χ4n) is 2.59. The number of aryl methyl sites for hydroxylation is 2. The fourth-order valence-corrected chi connectivity index (χ4v) is 2.59. The predicted molar refractivity (Wildman–Crippen MR) is 101 cm³/mol. The summed E-state index contributed by atoms with van der Waals surface area (Å²) in [5.41, 5.74) is 4.38. The summed E-state index contributed by atoms with van der Waals surface area (Å²) in [6, 6.07) is 12.3. The Balaban J connectivity index is 2.32. The first kappa shape index (κ1) is 19.3. The SMILES string of the molecule is COCCCOc1ccc(C)cc1-c1cc(C)ccc1OCCCO. The lowest BCUT2D eigenvalue weighted by atomic mass is 9.99. The Morgan fingerprint density at radius 2 is 1.28 bits per heavy atom. The van der Waals surface area contributed by atoms with E-state index < -0.39 is 0 Å². The molecular weight excluding hydrogens is 316 g/mol. The topological polar surface area (TPSA) is 47.9 Å². The average Bonchev–Trinajstić information content (AvgIpc) is 2.61. The van der Waals surface area contributed by atoms with Gasteiger partial charge in [-0.1, -0.05) is 23.3 Å². The number of methoxy groups -OCH3 is 1. The van der Waals surface area contributed by atoms with Crippen molar-refractivity contribution in [1.82, 2.24) is 0 Å². The molecule has 0 saturated carbocycles. The summed E-state index contributed by atoms with van der Waals surface area (Å²) < 4.78 is 17.0. The molecule has 4 heteroatoms. The minimum atomic E-state index is 0.125. The van der Waals surface area contributed by atoms with Crippen molar-refractivity contribution < 1.29 is 19.3 Å². The molecule has 0 unspecified atom stereocenters. The smallest absolute Gasteiger partial charge is 0.127 e. The summed E-state index contributed by atoms with van der Waals surface area (Å²) in [6.45, 7) is 6.04. The Kier molecular flexibility index (Phi) is 7.76. The average molecular weight is 344 g/mol. The van der Waals surface area contributed by atoms with Crippen LogP contribution in [0.2, 0.25) is 0 Å². The Labute approximate surface area is 150 Å². The van der Waals surface area contributed by atoms with Gasteiger partial charge in [0, 0.05) is 44.3 Å². The molecule has 0 atom stereocenters. The monoisotopic (exact) mass is 344 g/mol. The standard InChI is InChI=1S/C21H28O4/c1-16-6-8-20(24-12-4-10-22)18(14-16)19-15-17(2)7-9-21(19)25-13-5-11-23-3/h6-9,14-15,22H,4-5,10-13H2,1-3H3. The van der Waals surface area contributed by atoms with Crippen LogP contribution in [0.5, 0.6) is 11.5 Å². The van der Waals surface area contributed by atoms with Gasteiger partial charge in [-0.3, -0.25) is 0 Å². The summed E-state index contributed by atoms with van der Waals surface area (Å²) in [6.07, 6.45) is 1.46. The van der Waals surface area contributed by atoms with E-state index in [9.17, 15) is 0 Å². The van der Waals surface area contributed by atoms with Gasteiger partial charge in [0.15, 0.2) is 0 Å². The van der Waals surface area contributed by atoms with E-state index in [0.717, 1.165) is 34.6 Å². The van der Waals surface area contributed by atoms with E-state index in [2.05, 4.69) is 32.0 Å². The van der Waals surface area contributed by atoms with Crippen LogP contribution in [0.25, 0.3) is 11.1 Å². The van der Waals surface area contributed by atoms with Crippen LogP contribution in [-0.4, -0.2) is 38.6 Å². The molecule has 2 rings (SSSR count). The van der Waals surface area contributed by atoms with Crippen molar-refractivity contribution in [2.75, 3.05) is 33.5 Å². The second-order valence-corrected chi connectivity index (χ2v) is 6.12. The van der Waals surface area contributed by atoms with Crippen LogP contribution in [0.1, 0.15) is 24.0 Å². The lowest BCUT2D eigenvalue weighted by Crippen LogP contribution is -2.04. The molecule has 0 aliphatic heterocycles. The quantitative estimate of drug-likeness (QED) is 0.658. The highest BCUT2D eigenvalue weighted by atomic mass is 16.5. The van der Waals surface area contributed by atoms with Gasteiger partial charge in [0.2, 0.25) is 0 Å². The van der Waals surface area contributed by atoms with E-state index in [1.165, 1.54) is 5.56 Å². The highest BCUT2D eigenvalue weighted by Crippen LogP contribution is 2.38. The highest BCUT2D eigenvalue weighted by molar-refractivity contribution is 5.77. The van der Waals surface area contributed by atoms with E-state index >= 15 is 0 Å². The molecule has 1 N–H and O–H groups in total. The van der Waals surface area contributed by atoms with Crippen molar-refractivity contribution in [3.05, 3.63) is 47.5 Å². The van der Waals surface area contributed by atoms with Gasteiger partial charge in [0.1, 0.15) is 11.5 Å². The number of hydrogen-bond donors (Lipinski definition) is 1. The normalized spacial score (nSPS) is 10.7. The predicted octanol–water partition coefficient (Wildman–Crippen LogP) is 4.15. The summed E-state index contributed by atoms with van der Waals surface area (Å²) in [4.78, 5) is 0. The van der Waals surface area contributed by atoms with Gasteiger partial charge < -0.3 is 19.3 Å². The second-order valence-electron chi connectivity index (χ2n) is 6.12. The van der Waals surface area contributed by atoms with Gasteiger partial charge in [0.05, 0.1) is 13.2 Å². The van der Waals surface area contributed by atoms with E-state index in [-0.39, 0.29) is 6.61 Å². The maximum Gasteiger partial charge on any atom is 0.127 e. The van der Waals surface area contributed by atoms with Crippen LogP contribution in [0.4, 0.5) is 0 Å². The number of aliphatic hydroxyl groups excluding tert-OH is 1. The lowest BCUT2D eigenvalue weighted by molar-refractivity contribution is 0.172. The molecule has 0 fully saturated rings. The molecule has 2 aromatic rings. The van der Waals surface area contributed by atoms with Crippen LogP contribution in [0.15, 0.2) is 36.4 Å². The zero-order valence-corrected chi connectivity index (χ0v) is 15.4. The molecule has 0 saturated heterocycles. The third kappa shape index (κ3) is 5.76. The summed E-state index contributed by atoms with van der Waals surface area (Å²) in [5.74, 6) is 1.66. The van der Waals surface area contributed by atoms with Crippen LogP contribution in [0.3, 0.4) is 0 Å². The van der Waals surface area contributed by atoms with Gasteiger partial charge in [-0.05, 0) is 38.1 Å². The van der Waals surface area contributed by atoms with Gasteiger partial charge in [0.25, 0.3) is 0 Å². The third-order valence-corrected chi connectivity index (χ3v) is 3.87. The van der Waals surface area contributed by atoms with Gasteiger partial charge in [-0.2, -0.15) is 0 Å². The molecule has 0 radical (unpaired) electrons. The molecule has 0 aromatic heterocycles. The zero-order valence-electron chi connectivity index (χ0n) is 15.4. The molecule has 0 aliphatic carbocycles. The van der Waals surface area contributed by atoms with Crippen LogP contribution < -0.4 is 9.47 Å². The van der Waals surface area contributed by atoms with Crippen molar-refractivity contribution in [2.45, 2.75) is 26.7 Å². The molecular formula is C21H28O4. The maximum atomic E-state index is 8.99. The molecule has 4 nitrogen and oxygen atoms in total. The van der Waals surface area contributed by atoms with E-state index in [4.69, 9.17) is 19.3 Å². The Hall–Kier alpha value is -2.04. The van der Waals surface area contributed by atoms with Crippen molar-refractivity contribution in [1.29, 1.82) is 0 Å². The van der Waals surface area contributed by atoms with Crippen LogP contribution >= 0.6 is 0 Å². The number of aliphatic hydroxyl groups is 1. The summed E-state index contributed by atoms with van der Waals surface area (Å²) in [7, 11) is 1.69. The number of benzene rings is 2. The van der Waals surface area contributed by atoms with Gasteiger partial charge >= 0.3 is 0 Å². The van der Waals surface area contributed by atoms with Crippen LogP contribution in [0, 0.1) is 13.8 Å². The fraction of sp³-hybridized carbons (Fsp3) is 0.429. The number of rotatable bonds is 10. The Morgan fingerprint density at radius 1 is 0.760 bits per heavy atom. The van der Waals surface area contributed by atoms with E-state index in [0.29, 0.717) is 26.2 Å². The zero-order chi connectivity index (χ0) is 18.1. The molecule has 0 amide bonds. The second kappa shape index (κ2) is 10.1. The van der Waals surface area contributed by atoms with Crippen molar-refractivity contribution >= 4 is 0 Å². The maximum absolute atomic E-state index is 8.99. The van der Waals surface area contributed by atoms with E-state index in [1.807, 2.05) is 18.2 Å². The number of hydrogen-bond acceptors (Lipinski definition) is 4. The Bertz CT molecular complexity index is 667. The molecule has 2 aromatic carbocycles. The van der Waals surface area contributed by atoms with Gasteiger partial charge in [-0.15, -0.1) is 0 Å². The first-order valence-corrected chi connectivity index (χ1v) is 8.72. The molecule has 0 heterocycles. The number of ether oxygens (including phenoxy) is 3.